The molecule has 0 saturated carbocycles. The number of aliphatic hydroxyl groups is 1. The van der Waals surface area contributed by atoms with Crippen LogP contribution in [0.1, 0.15) is 6.42 Å². The van der Waals surface area contributed by atoms with Gasteiger partial charge >= 0.3 is 0 Å². The van der Waals surface area contributed by atoms with Gasteiger partial charge in [0.2, 0.25) is 5.65 Å². The molecule has 3 N–H and O–H groups in total. The largest absolute Gasteiger partial charge is 0.422 e. The lowest BCUT2D eigenvalue weighted by atomic mass is 10.1. The molecule has 7 heteroatoms. The number of pyridine rings is 1. The monoisotopic (exact) mass is 268 g/mol. The maximum atomic E-state index is 9.55. The van der Waals surface area contributed by atoms with Crippen molar-refractivity contribution in [1.82, 2.24) is 15.3 Å². The minimum atomic E-state index is -0.340. The van der Waals surface area contributed by atoms with E-state index in [9.17, 15) is 5.11 Å². The second-order valence-corrected chi connectivity index (χ2v) is 4.75. The third-order valence-electron chi connectivity index (χ3n) is 2.87. The maximum Gasteiger partial charge on any atom is 0.297 e. The number of rotatable bonds is 2. The Morgan fingerprint density at radius 2 is 2.28 bits per heavy atom. The fourth-order valence-electron chi connectivity index (χ4n) is 2.06. The van der Waals surface area contributed by atoms with Crippen molar-refractivity contribution in [2.45, 2.75) is 18.6 Å². The number of nitrogens with one attached hydrogen (secondary N) is 2. The van der Waals surface area contributed by atoms with E-state index in [0.29, 0.717) is 35.4 Å². The predicted molar refractivity (Wildman–Crippen MR) is 67.7 cm³/mol. The minimum Gasteiger partial charge on any atom is -0.422 e. The minimum absolute atomic E-state index is 0.0947. The second kappa shape index (κ2) is 4.72. The fourth-order valence-corrected chi connectivity index (χ4v) is 2.20. The second-order valence-electron chi connectivity index (χ2n) is 4.36. The molecule has 6 nitrogen and oxygen atoms in total. The summed E-state index contributed by atoms with van der Waals surface area (Å²) in [5.74, 6) is 0. The first-order chi connectivity index (χ1) is 8.70. The Labute approximate surface area is 108 Å². The molecule has 0 spiro atoms. The predicted octanol–water partition coefficient (Wildman–Crippen LogP) is 1.01. The standard InChI is InChI=1S/C11H13ClN4O2/c12-9-2-1-8-10(15-9)16-11(18-8)14-6-3-7(17)5-13-4-6/h1-2,6-7,13,17H,3-5H2,(H,14,15,16). The quantitative estimate of drug-likeness (QED) is 0.705. The van der Waals surface area contributed by atoms with Crippen molar-refractivity contribution in [2.24, 2.45) is 0 Å². The zero-order valence-electron chi connectivity index (χ0n) is 9.56. The van der Waals surface area contributed by atoms with Gasteiger partial charge in [-0.15, -0.1) is 0 Å². The van der Waals surface area contributed by atoms with Crippen LogP contribution in [0.15, 0.2) is 16.5 Å². The summed E-state index contributed by atoms with van der Waals surface area (Å²) >= 11 is 5.78. The van der Waals surface area contributed by atoms with Gasteiger partial charge in [-0.3, -0.25) is 0 Å². The van der Waals surface area contributed by atoms with Crippen molar-refractivity contribution in [3.05, 3.63) is 17.3 Å². The van der Waals surface area contributed by atoms with Gasteiger partial charge in [0.1, 0.15) is 5.15 Å². The Kier molecular flexibility index (Phi) is 3.07. The van der Waals surface area contributed by atoms with Gasteiger partial charge in [-0.1, -0.05) is 11.6 Å². The zero-order valence-corrected chi connectivity index (χ0v) is 10.3. The van der Waals surface area contributed by atoms with Crippen LogP contribution in [0.4, 0.5) is 6.01 Å². The van der Waals surface area contributed by atoms with E-state index in [2.05, 4.69) is 20.6 Å². The van der Waals surface area contributed by atoms with Crippen molar-refractivity contribution < 1.29 is 9.52 Å². The van der Waals surface area contributed by atoms with Crippen LogP contribution >= 0.6 is 11.6 Å². The van der Waals surface area contributed by atoms with Gasteiger partial charge in [0, 0.05) is 19.1 Å². The van der Waals surface area contributed by atoms with E-state index < -0.39 is 0 Å². The average Bonchev–Trinajstić information content (AvgIpc) is 2.70. The van der Waals surface area contributed by atoms with Crippen LogP contribution in [0.25, 0.3) is 11.2 Å². The van der Waals surface area contributed by atoms with Crippen LogP contribution in [0.5, 0.6) is 0 Å². The van der Waals surface area contributed by atoms with E-state index in [1.54, 1.807) is 12.1 Å². The molecule has 1 fully saturated rings. The first-order valence-electron chi connectivity index (χ1n) is 5.79. The summed E-state index contributed by atoms with van der Waals surface area (Å²) in [5.41, 5.74) is 1.07. The Balaban J connectivity index is 1.78. The van der Waals surface area contributed by atoms with Crippen molar-refractivity contribution >= 4 is 28.8 Å². The highest BCUT2D eigenvalue weighted by atomic mass is 35.5. The normalized spacial score (nSPS) is 24.3. The molecule has 0 bridgehead atoms. The molecule has 96 valence electrons. The number of fused-ring (bicyclic) bond motifs is 1. The summed E-state index contributed by atoms with van der Waals surface area (Å²) in [6.07, 6.45) is 0.327. The van der Waals surface area contributed by atoms with Crippen LogP contribution in [0.3, 0.4) is 0 Å². The number of piperidine rings is 1. The van der Waals surface area contributed by atoms with E-state index in [1.807, 2.05) is 0 Å². The van der Waals surface area contributed by atoms with Gasteiger partial charge in [0.25, 0.3) is 6.01 Å². The molecule has 1 aliphatic heterocycles. The van der Waals surface area contributed by atoms with Crippen LogP contribution in [0.2, 0.25) is 5.15 Å². The highest BCUT2D eigenvalue weighted by Crippen LogP contribution is 2.20. The molecule has 2 unspecified atom stereocenters. The number of hydrogen-bond donors (Lipinski definition) is 3. The summed E-state index contributed by atoms with van der Waals surface area (Å²) in [4.78, 5) is 8.27. The Bertz CT molecular complexity index is 559. The highest BCUT2D eigenvalue weighted by molar-refractivity contribution is 6.29. The SMILES string of the molecule is OC1CNCC(Nc2nc3nc(Cl)ccc3o2)C1. The number of halogens is 1. The average molecular weight is 269 g/mol. The third kappa shape index (κ3) is 2.40. The molecule has 0 aromatic carbocycles. The van der Waals surface area contributed by atoms with Crippen LogP contribution in [-0.2, 0) is 0 Å². The summed E-state index contributed by atoms with van der Waals surface area (Å²) in [5, 5.41) is 16.2. The number of β-amino-alcohol motifs (C(OH)–C–C–N with tert-alkyl or cyclic N) is 1. The van der Waals surface area contributed by atoms with Gasteiger partial charge in [-0.2, -0.15) is 4.98 Å². The van der Waals surface area contributed by atoms with E-state index in [-0.39, 0.29) is 12.1 Å². The third-order valence-corrected chi connectivity index (χ3v) is 3.08. The lowest BCUT2D eigenvalue weighted by molar-refractivity contribution is 0.136. The smallest absolute Gasteiger partial charge is 0.297 e. The number of aliphatic hydroxyl groups excluding tert-OH is 1. The lowest BCUT2D eigenvalue weighted by Gasteiger charge is -2.26. The Hall–Kier alpha value is -1.37. The summed E-state index contributed by atoms with van der Waals surface area (Å²) < 4.78 is 5.51. The molecular formula is C11H13ClN4O2. The molecule has 2 atom stereocenters. The van der Waals surface area contributed by atoms with Gasteiger partial charge in [-0.05, 0) is 18.6 Å². The number of oxazole rings is 1. The first kappa shape index (κ1) is 11.7. The number of aromatic nitrogens is 2. The molecule has 0 radical (unpaired) electrons. The molecular weight excluding hydrogens is 256 g/mol. The first-order valence-corrected chi connectivity index (χ1v) is 6.17. The van der Waals surface area contributed by atoms with Crippen molar-refractivity contribution in [3.63, 3.8) is 0 Å². The van der Waals surface area contributed by atoms with Crippen LogP contribution < -0.4 is 10.6 Å². The molecule has 0 amide bonds. The Morgan fingerprint density at radius 3 is 3.11 bits per heavy atom. The molecule has 3 heterocycles. The van der Waals surface area contributed by atoms with Crippen molar-refractivity contribution in [3.8, 4) is 0 Å². The van der Waals surface area contributed by atoms with Gasteiger partial charge in [0.05, 0.1) is 6.10 Å². The topological polar surface area (TPSA) is 83.2 Å². The lowest BCUT2D eigenvalue weighted by Crippen LogP contribution is -2.45. The molecule has 1 saturated heterocycles. The van der Waals surface area contributed by atoms with Crippen molar-refractivity contribution in [2.75, 3.05) is 18.4 Å². The van der Waals surface area contributed by atoms with Crippen molar-refractivity contribution in [1.29, 1.82) is 0 Å². The van der Waals surface area contributed by atoms with E-state index >= 15 is 0 Å². The number of nitrogens with zero attached hydrogens (tertiary/aromatic N) is 2. The summed E-state index contributed by atoms with van der Waals surface area (Å²) in [7, 11) is 0. The van der Waals surface area contributed by atoms with Crippen LogP contribution in [0, 0.1) is 0 Å². The van der Waals surface area contributed by atoms with Crippen LogP contribution in [-0.4, -0.2) is 40.3 Å². The number of hydrogen-bond acceptors (Lipinski definition) is 6. The zero-order chi connectivity index (χ0) is 12.5. The van der Waals surface area contributed by atoms with Gasteiger partial charge in [0.15, 0.2) is 5.58 Å². The highest BCUT2D eigenvalue weighted by Gasteiger charge is 2.21. The molecule has 3 rings (SSSR count). The fraction of sp³-hybridized carbons (Fsp3) is 0.455. The van der Waals surface area contributed by atoms with Gasteiger partial charge < -0.3 is 20.2 Å². The van der Waals surface area contributed by atoms with Gasteiger partial charge in [-0.25, -0.2) is 4.98 Å². The molecule has 1 aliphatic rings. The summed E-state index contributed by atoms with van der Waals surface area (Å²) in [6.45, 7) is 1.40. The number of anilines is 1. The van der Waals surface area contributed by atoms with E-state index in [4.69, 9.17) is 16.0 Å². The molecule has 0 aliphatic carbocycles. The van der Waals surface area contributed by atoms with E-state index in [1.165, 1.54) is 0 Å². The Morgan fingerprint density at radius 1 is 1.39 bits per heavy atom. The van der Waals surface area contributed by atoms with E-state index in [0.717, 1.165) is 6.54 Å². The summed E-state index contributed by atoms with van der Waals surface area (Å²) in [6, 6.07) is 3.89. The molecule has 2 aromatic heterocycles. The molecule has 18 heavy (non-hydrogen) atoms. The molecule has 2 aromatic rings. The maximum absolute atomic E-state index is 9.55.